The molecule has 0 aliphatic carbocycles. The number of carbonyl (C=O) groups excluding carboxylic acids is 1. The summed E-state index contributed by atoms with van der Waals surface area (Å²) in [6.45, 7) is 6.10. The molecule has 0 saturated carbocycles. The number of hydrogen-bond acceptors (Lipinski definition) is 3. The van der Waals surface area contributed by atoms with E-state index < -0.39 is 0 Å². The van der Waals surface area contributed by atoms with E-state index in [2.05, 4.69) is 5.32 Å². The number of hydrogen-bond donors (Lipinski definition) is 1. The van der Waals surface area contributed by atoms with Crippen LogP contribution in [0.5, 0.6) is 0 Å². The molecule has 0 bridgehead atoms. The van der Waals surface area contributed by atoms with Crippen LogP contribution in [-0.4, -0.2) is 30.9 Å². The van der Waals surface area contributed by atoms with Crippen LogP contribution in [0.3, 0.4) is 0 Å². The maximum Gasteiger partial charge on any atom is 0.223 e. The van der Waals surface area contributed by atoms with Gasteiger partial charge in [0.1, 0.15) is 11.5 Å². The number of amides is 1. The van der Waals surface area contributed by atoms with E-state index in [1.54, 1.807) is 11.9 Å². The minimum atomic E-state index is 0.134. The van der Waals surface area contributed by atoms with Crippen LogP contribution in [-0.2, 0) is 11.3 Å². The van der Waals surface area contributed by atoms with Crippen molar-refractivity contribution in [3.05, 3.63) is 23.7 Å². The molecular formula is C12H20N2O2. The smallest absolute Gasteiger partial charge is 0.223 e. The van der Waals surface area contributed by atoms with Gasteiger partial charge in [-0.15, -0.1) is 0 Å². The molecule has 0 atom stereocenters. The third kappa shape index (κ3) is 4.06. The molecule has 0 radical (unpaired) electrons. The Bertz CT molecular complexity index is 334. The monoisotopic (exact) mass is 224 g/mol. The Balaban J connectivity index is 2.34. The van der Waals surface area contributed by atoms with Gasteiger partial charge in [-0.25, -0.2) is 0 Å². The highest BCUT2D eigenvalue weighted by molar-refractivity contribution is 5.75. The lowest BCUT2D eigenvalue weighted by molar-refractivity contribution is -0.130. The summed E-state index contributed by atoms with van der Waals surface area (Å²) in [5, 5.41) is 3.13. The molecule has 0 saturated heterocycles. The molecule has 0 spiro atoms. The molecule has 1 aromatic rings. The van der Waals surface area contributed by atoms with Gasteiger partial charge in [-0.1, -0.05) is 6.92 Å². The first-order valence-corrected chi connectivity index (χ1v) is 5.63. The van der Waals surface area contributed by atoms with E-state index in [1.807, 2.05) is 26.0 Å². The van der Waals surface area contributed by atoms with Gasteiger partial charge in [0.05, 0.1) is 6.54 Å². The molecule has 4 heteroatoms. The van der Waals surface area contributed by atoms with Crippen molar-refractivity contribution >= 4 is 5.91 Å². The van der Waals surface area contributed by atoms with Crippen molar-refractivity contribution in [1.82, 2.24) is 10.2 Å². The molecule has 0 aromatic carbocycles. The first-order valence-electron chi connectivity index (χ1n) is 5.63. The first kappa shape index (κ1) is 12.8. The molecule has 16 heavy (non-hydrogen) atoms. The van der Waals surface area contributed by atoms with E-state index in [0.717, 1.165) is 24.6 Å². The summed E-state index contributed by atoms with van der Waals surface area (Å²) in [7, 11) is 1.80. The fraction of sp³-hybridized carbons (Fsp3) is 0.583. The van der Waals surface area contributed by atoms with Crippen molar-refractivity contribution in [1.29, 1.82) is 0 Å². The molecule has 0 aliphatic heterocycles. The Morgan fingerprint density at radius 2 is 2.25 bits per heavy atom. The zero-order chi connectivity index (χ0) is 12.0. The Labute approximate surface area is 96.6 Å². The topological polar surface area (TPSA) is 45.5 Å². The van der Waals surface area contributed by atoms with Crippen LogP contribution in [0, 0.1) is 6.92 Å². The summed E-state index contributed by atoms with van der Waals surface area (Å²) in [5.41, 5.74) is 0. The normalized spacial score (nSPS) is 10.4. The average molecular weight is 224 g/mol. The minimum absolute atomic E-state index is 0.134. The SMILES string of the molecule is CCNCCC(=O)N(C)Cc1ccc(C)o1. The summed E-state index contributed by atoms with van der Waals surface area (Å²) in [5.74, 6) is 1.84. The minimum Gasteiger partial charge on any atom is -0.464 e. The van der Waals surface area contributed by atoms with Crippen LogP contribution in [0.1, 0.15) is 24.9 Å². The highest BCUT2D eigenvalue weighted by atomic mass is 16.3. The third-order valence-electron chi connectivity index (χ3n) is 2.38. The van der Waals surface area contributed by atoms with Gasteiger partial charge in [-0.05, 0) is 25.6 Å². The average Bonchev–Trinajstić information content (AvgIpc) is 2.64. The van der Waals surface area contributed by atoms with Gasteiger partial charge in [-0.3, -0.25) is 4.79 Å². The summed E-state index contributed by atoms with van der Waals surface area (Å²) in [6.07, 6.45) is 0.532. The highest BCUT2D eigenvalue weighted by Gasteiger charge is 2.10. The van der Waals surface area contributed by atoms with Crippen LogP contribution in [0.2, 0.25) is 0 Å². The fourth-order valence-electron chi connectivity index (χ4n) is 1.45. The molecule has 90 valence electrons. The van der Waals surface area contributed by atoms with E-state index in [-0.39, 0.29) is 5.91 Å². The van der Waals surface area contributed by atoms with Crippen molar-refractivity contribution in [2.75, 3.05) is 20.1 Å². The Hall–Kier alpha value is -1.29. The molecular weight excluding hydrogens is 204 g/mol. The summed E-state index contributed by atoms with van der Waals surface area (Å²) < 4.78 is 5.42. The van der Waals surface area contributed by atoms with E-state index in [9.17, 15) is 4.79 Å². The van der Waals surface area contributed by atoms with Gasteiger partial charge >= 0.3 is 0 Å². The molecule has 4 nitrogen and oxygen atoms in total. The maximum atomic E-state index is 11.7. The van der Waals surface area contributed by atoms with Gasteiger partial charge in [0, 0.05) is 20.0 Å². The van der Waals surface area contributed by atoms with Crippen molar-refractivity contribution in [2.24, 2.45) is 0 Å². The largest absolute Gasteiger partial charge is 0.464 e. The Morgan fingerprint density at radius 1 is 1.50 bits per heavy atom. The number of rotatable bonds is 6. The van der Waals surface area contributed by atoms with Crippen LogP contribution in [0.15, 0.2) is 16.5 Å². The van der Waals surface area contributed by atoms with Crippen molar-refractivity contribution in [2.45, 2.75) is 26.8 Å². The molecule has 1 aromatic heterocycles. The van der Waals surface area contributed by atoms with E-state index in [0.29, 0.717) is 13.0 Å². The van der Waals surface area contributed by atoms with Gasteiger partial charge in [-0.2, -0.15) is 0 Å². The molecule has 1 N–H and O–H groups in total. The molecule has 0 fully saturated rings. The van der Waals surface area contributed by atoms with Crippen molar-refractivity contribution < 1.29 is 9.21 Å². The van der Waals surface area contributed by atoms with Gasteiger partial charge in [0.2, 0.25) is 5.91 Å². The number of aryl methyl sites for hydroxylation is 1. The first-order chi connectivity index (χ1) is 7.63. The van der Waals surface area contributed by atoms with Gasteiger partial charge in [0.15, 0.2) is 0 Å². The second-order valence-corrected chi connectivity index (χ2v) is 3.87. The van der Waals surface area contributed by atoms with Crippen LogP contribution < -0.4 is 5.32 Å². The number of furan rings is 1. The lowest BCUT2D eigenvalue weighted by Crippen LogP contribution is -2.29. The highest BCUT2D eigenvalue weighted by Crippen LogP contribution is 2.08. The van der Waals surface area contributed by atoms with Crippen LogP contribution >= 0.6 is 0 Å². The van der Waals surface area contributed by atoms with Crippen molar-refractivity contribution in [3.63, 3.8) is 0 Å². The van der Waals surface area contributed by atoms with E-state index in [4.69, 9.17) is 4.42 Å². The van der Waals surface area contributed by atoms with Crippen molar-refractivity contribution in [3.8, 4) is 0 Å². The predicted octanol–water partition coefficient (Wildman–Crippen LogP) is 1.55. The molecule has 1 amide bonds. The Kier molecular flexibility index (Phi) is 5.05. The second kappa shape index (κ2) is 6.33. The lowest BCUT2D eigenvalue weighted by atomic mass is 10.3. The van der Waals surface area contributed by atoms with Crippen LogP contribution in [0.25, 0.3) is 0 Å². The summed E-state index contributed by atoms with van der Waals surface area (Å²) in [4.78, 5) is 13.4. The number of carbonyl (C=O) groups is 1. The van der Waals surface area contributed by atoms with E-state index in [1.165, 1.54) is 0 Å². The summed E-state index contributed by atoms with van der Waals surface area (Å²) in [6, 6.07) is 3.82. The lowest BCUT2D eigenvalue weighted by Gasteiger charge is -2.15. The standard InChI is InChI=1S/C12H20N2O2/c1-4-13-8-7-12(15)14(3)9-11-6-5-10(2)16-11/h5-6,13H,4,7-9H2,1-3H3. The van der Waals surface area contributed by atoms with E-state index >= 15 is 0 Å². The zero-order valence-corrected chi connectivity index (χ0v) is 10.2. The number of nitrogens with one attached hydrogen (secondary N) is 1. The fourth-order valence-corrected chi connectivity index (χ4v) is 1.45. The van der Waals surface area contributed by atoms with Gasteiger partial charge < -0.3 is 14.6 Å². The molecule has 1 heterocycles. The summed E-state index contributed by atoms with van der Waals surface area (Å²) >= 11 is 0. The second-order valence-electron chi connectivity index (χ2n) is 3.87. The Morgan fingerprint density at radius 3 is 2.81 bits per heavy atom. The number of nitrogens with zero attached hydrogens (tertiary/aromatic N) is 1. The van der Waals surface area contributed by atoms with Gasteiger partial charge in [0.25, 0.3) is 0 Å². The zero-order valence-electron chi connectivity index (χ0n) is 10.2. The van der Waals surface area contributed by atoms with Crippen LogP contribution in [0.4, 0.5) is 0 Å². The molecule has 1 rings (SSSR count). The molecule has 0 aliphatic rings. The predicted molar refractivity (Wildman–Crippen MR) is 63.1 cm³/mol. The maximum absolute atomic E-state index is 11.7. The quantitative estimate of drug-likeness (QED) is 0.746. The molecule has 0 unspecified atom stereocenters. The third-order valence-corrected chi connectivity index (χ3v) is 2.38.